The zero-order chi connectivity index (χ0) is 31.7. The van der Waals surface area contributed by atoms with E-state index in [1.807, 2.05) is 32.9 Å². The SMILES string of the molecule is CCN(c1cc(-c2cc(F)c3c(c2)CCC3N2CCOCC2)cc(C(=O)NCc2c(C)cc(C)[nH]c2=O)c1C)C1CCOCC1. The molecule has 1 aromatic heterocycles. The highest BCUT2D eigenvalue weighted by molar-refractivity contribution is 5.99. The van der Waals surface area contributed by atoms with Crippen LogP contribution in [0.4, 0.5) is 10.1 Å². The molecule has 0 saturated carbocycles. The lowest BCUT2D eigenvalue weighted by atomic mass is 9.93. The van der Waals surface area contributed by atoms with Crippen molar-refractivity contribution in [1.82, 2.24) is 15.2 Å². The normalized spacial score (nSPS) is 19.0. The molecule has 0 spiro atoms. The largest absolute Gasteiger partial charge is 0.381 e. The van der Waals surface area contributed by atoms with Crippen molar-refractivity contribution in [3.05, 3.63) is 85.6 Å². The number of morpholine rings is 1. The Balaban J connectivity index is 1.38. The van der Waals surface area contributed by atoms with Crippen LogP contribution >= 0.6 is 0 Å². The summed E-state index contributed by atoms with van der Waals surface area (Å²) in [6.45, 7) is 13.1. The van der Waals surface area contributed by atoms with E-state index in [0.717, 1.165) is 90.1 Å². The minimum absolute atomic E-state index is 0.0744. The number of nitrogens with one attached hydrogen (secondary N) is 2. The van der Waals surface area contributed by atoms with Crippen LogP contribution in [0.3, 0.4) is 0 Å². The first kappa shape index (κ1) is 31.5. The quantitative estimate of drug-likeness (QED) is 0.355. The third-order valence-corrected chi connectivity index (χ3v) is 9.88. The van der Waals surface area contributed by atoms with Crippen molar-refractivity contribution in [3.8, 4) is 11.1 Å². The molecule has 2 fully saturated rings. The molecule has 240 valence electrons. The van der Waals surface area contributed by atoms with Gasteiger partial charge < -0.3 is 24.7 Å². The van der Waals surface area contributed by atoms with Gasteiger partial charge in [0.2, 0.25) is 0 Å². The van der Waals surface area contributed by atoms with Gasteiger partial charge in [-0.1, -0.05) is 6.07 Å². The zero-order valence-electron chi connectivity index (χ0n) is 26.9. The molecule has 2 saturated heterocycles. The molecule has 8 nitrogen and oxygen atoms in total. The van der Waals surface area contributed by atoms with Gasteiger partial charge in [0, 0.05) is 79.5 Å². The molecule has 6 rings (SSSR count). The lowest BCUT2D eigenvalue weighted by molar-refractivity contribution is 0.0158. The second-order valence-electron chi connectivity index (χ2n) is 12.7. The smallest absolute Gasteiger partial charge is 0.253 e. The highest BCUT2D eigenvalue weighted by Gasteiger charge is 2.33. The van der Waals surface area contributed by atoms with Crippen LogP contribution < -0.4 is 15.8 Å². The van der Waals surface area contributed by atoms with E-state index in [-0.39, 0.29) is 35.9 Å². The molecule has 0 bridgehead atoms. The minimum atomic E-state index is -0.257. The Hall–Kier alpha value is -3.53. The van der Waals surface area contributed by atoms with E-state index >= 15 is 4.39 Å². The molecule has 0 radical (unpaired) electrons. The molecule has 45 heavy (non-hydrogen) atoms. The first-order valence-corrected chi connectivity index (χ1v) is 16.4. The number of amides is 1. The predicted molar refractivity (Wildman–Crippen MR) is 175 cm³/mol. The van der Waals surface area contributed by atoms with Gasteiger partial charge in [0.15, 0.2) is 0 Å². The average Bonchev–Trinajstić information content (AvgIpc) is 3.47. The molecule has 3 aromatic rings. The number of fused-ring (bicyclic) bond motifs is 1. The first-order chi connectivity index (χ1) is 21.7. The van der Waals surface area contributed by atoms with Crippen molar-refractivity contribution in [2.75, 3.05) is 51.0 Å². The lowest BCUT2D eigenvalue weighted by Crippen LogP contribution is -2.40. The molecule has 1 atom stereocenters. The summed E-state index contributed by atoms with van der Waals surface area (Å²) in [5.41, 5.74) is 7.77. The maximum Gasteiger partial charge on any atom is 0.253 e. The van der Waals surface area contributed by atoms with Gasteiger partial charge in [-0.25, -0.2) is 4.39 Å². The summed E-state index contributed by atoms with van der Waals surface area (Å²) in [5.74, 6) is -0.442. The molecular formula is C36H45FN4O4. The Morgan fingerprint density at radius 2 is 1.71 bits per heavy atom. The van der Waals surface area contributed by atoms with Gasteiger partial charge in [-0.3, -0.25) is 14.5 Å². The van der Waals surface area contributed by atoms with Gasteiger partial charge >= 0.3 is 0 Å². The van der Waals surface area contributed by atoms with Crippen molar-refractivity contribution >= 4 is 11.6 Å². The molecular weight excluding hydrogens is 571 g/mol. The number of anilines is 1. The van der Waals surface area contributed by atoms with Gasteiger partial charge in [-0.2, -0.15) is 0 Å². The number of halogens is 1. The summed E-state index contributed by atoms with van der Waals surface area (Å²) in [6.07, 6.45) is 3.53. The van der Waals surface area contributed by atoms with Crippen molar-refractivity contribution in [2.24, 2.45) is 0 Å². The summed E-state index contributed by atoms with van der Waals surface area (Å²) >= 11 is 0. The fourth-order valence-corrected chi connectivity index (χ4v) is 7.50. The maximum absolute atomic E-state index is 16.0. The number of carbonyl (C=O) groups is 1. The summed E-state index contributed by atoms with van der Waals surface area (Å²) in [4.78, 5) is 34.1. The van der Waals surface area contributed by atoms with Crippen molar-refractivity contribution in [2.45, 2.75) is 72.0 Å². The average molecular weight is 617 g/mol. The summed E-state index contributed by atoms with van der Waals surface area (Å²) in [6, 6.07) is 10.0. The van der Waals surface area contributed by atoms with Crippen LogP contribution in [0.5, 0.6) is 0 Å². The number of aryl methyl sites for hydroxylation is 3. The molecule has 3 aliphatic rings. The van der Waals surface area contributed by atoms with E-state index in [4.69, 9.17) is 9.47 Å². The van der Waals surface area contributed by atoms with Crippen LogP contribution in [0.2, 0.25) is 0 Å². The van der Waals surface area contributed by atoms with E-state index < -0.39 is 0 Å². The number of H-pyrrole nitrogens is 1. The van der Waals surface area contributed by atoms with Crippen molar-refractivity contribution in [3.63, 3.8) is 0 Å². The van der Waals surface area contributed by atoms with Gasteiger partial charge in [-0.05, 0) is 105 Å². The Morgan fingerprint density at radius 3 is 2.42 bits per heavy atom. The molecule has 3 heterocycles. The second kappa shape index (κ2) is 13.4. The Kier molecular flexibility index (Phi) is 9.40. The monoisotopic (exact) mass is 616 g/mol. The highest BCUT2D eigenvalue weighted by Crippen LogP contribution is 2.41. The predicted octanol–water partition coefficient (Wildman–Crippen LogP) is 5.36. The number of aromatic nitrogens is 1. The third-order valence-electron chi connectivity index (χ3n) is 9.88. The molecule has 9 heteroatoms. The van der Waals surface area contributed by atoms with Gasteiger partial charge in [0.25, 0.3) is 11.5 Å². The molecule has 2 N–H and O–H groups in total. The van der Waals surface area contributed by atoms with Gasteiger partial charge in [0.05, 0.1) is 13.2 Å². The number of benzene rings is 2. The number of aromatic amines is 1. The van der Waals surface area contributed by atoms with Crippen molar-refractivity contribution < 1.29 is 18.7 Å². The number of rotatable bonds is 8. The van der Waals surface area contributed by atoms with E-state index in [9.17, 15) is 9.59 Å². The molecule has 1 amide bonds. The summed E-state index contributed by atoms with van der Waals surface area (Å²) < 4.78 is 27.2. The Bertz CT molecular complexity index is 1620. The lowest BCUT2D eigenvalue weighted by Gasteiger charge is -2.37. The number of pyridine rings is 1. The van der Waals surface area contributed by atoms with Gasteiger partial charge in [-0.15, -0.1) is 0 Å². The van der Waals surface area contributed by atoms with Crippen LogP contribution in [0, 0.1) is 26.6 Å². The minimum Gasteiger partial charge on any atom is -0.381 e. The summed E-state index contributed by atoms with van der Waals surface area (Å²) in [5, 5.41) is 3.01. The van der Waals surface area contributed by atoms with Crippen LogP contribution in [0.25, 0.3) is 11.1 Å². The third kappa shape index (κ3) is 6.44. The number of carbonyl (C=O) groups excluding carboxylic acids is 1. The van der Waals surface area contributed by atoms with Crippen molar-refractivity contribution in [1.29, 1.82) is 0 Å². The second-order valence-corrected chi connectivity index (χ2v) is 12.7. The number of ether oxygens (including phenoxy) is 2. The topological polar surface area (TPSA) is 86.9 Å². The molecule has 1 unspecified atom stereocenters. The van der Waals surface area contributed by atoms with E-state index in [1.165, 1.54) is 0 Å². The highest BCUT2D eigenvalue weighted by atomic mass is 19.1. The standard InChI is InChI=1S/C36H45FN4O4/c1-5-41(28-8-12-44-13-9-28)33-20-27(18-29(24(33)4)35(42)38-21-30-22(2)16-23(3)39-36(30)43)26-17-25-6-7-32(34(25)31(37)19-26)40-10-14-45-15-11-40/h16-20,28,32H,5-15,21H2,1-4H3,(H,38,42)(H,39,43). The molecule has 2 aliphatic heterocycles. The Labute approximate surface area is 264 Å². The molecule has 2 aromatic carbocycles. The number of hydrogen-bond donors (Lipinski definition) is 2. The number of nitrogens with zero attached hydrogens (tertiary/aromatic N) is 2. The van der Waals surface area contributed by atoms with E-state index in [2.05, 4.69) is 39.2 Å². The van der Waals surface area contributed by atoms with Crippen LogP contribution in [-0.2, 0) is 22.4 Å². The number of hydrogen-bond acceptors (Lipinski definition) is 6. The maximum atomic E-state index is 16.0. The van der Waals surface area contributed by atoms with Crippen LogP contribution in [0.1, 0.15) is 76.1 Å². The summed E-state index contributed by atoms with van der Waals surface area (Å²) in [7, 11) is 0. The fourth-order valence-electron chi connectivity index (χ4n) is 7.50. The zero-order valence-corrected chi connectivity index (χ0v) is 26.9. The molecule has 1 aliphatic carbocycles. The van der Waals surface area contributed by atoms with Crippen LogP contribution in [-0.4, -0.2) is 67.9 Å². The first-order valence-electron chi connectivity index (χ1n) is 16.4. The van der Waals surface area contributed by atoms with Gasteiger partial charge in [0.1, 0.15) is 5.82 Å². The van der Waals surface area contributed by atoms with E-state index in [1.54, 1.807) is 6.07 Å². The van der Waals surface area contributed by atoms with Crippen LogP contribution in [0.15, 0.2) is 35.1 Å². The Morgan fingerprint density at radius 1 is 1.00 bits per heavy atom. The van der Waals surface area contributed by atoms with E-state index in [0.29, 0.717) is 37.6 Å². The fraction of sp³-hybridized carbons (Fsp3) is 0.500.